The highest BCUT2D eigenvalue weighted by Crippen LogP contribution is 2.33. The molecule has 7 heterocycles. The first-order valence-electron chi connectivity index (χ1n) is 14.9. The fourth-order valence-electron chi connectivity index (χ4n) is 6.51. The van der Waals surface area contributed by atoms with E-state index in [0.29, 0.717) is 34.7 Å². The molecule has 0 fully saturated rings. The van der Waals surface area contributed by atoms with Gasteiger partial charge in [-0.25, -0.2) is 24.5 Å². The summed E-state index contributed by atoms with van der Waals surface area (Å²) in [6.45, 7) is 0. The van der Waals surface area contributed by atoms with E-state index in [0.717, 1.165) is 54.4 Å². The van der Waals surface area contributed by atoms with Crippen molar-refractivity contribution in [2.24, 2.45) is 0 Å². The zero-order chi connectivity index (χ0) is 30.2. The Morgan fingerprint density at radius 2 is 0.935 bits per heavy atom. The van der Waals surface area contributed by atoms with E-state index in [1.807, 2.05) is 69.8 Å². The van der Waals surface area contributed by atoms with Crippen LogP contribution < -0.4 is 0 Å². The molecule has 0 aliphatic carbocycles. The van der Waals surface area contributed by atoms with E-state index >= 15 is 0 Å². The van der Waals surface area contributed by atoms with Gasteiger partial charge in [0.05, 0.1) is 11.0 Å². The minimum atomic E-state index is 0.388. The van der Waals surface area contributed by atoms with Crippen molar-refractivity contribution in [3.63, 3.8) is 0 Å². The minimum Gasteiger partial charge on any atom is -0.262 e. The van der Waals surface area contributed by atoms with E-state index in [1.165, 1.54) is 0 Å². The molecule has 9 heteroatoms. The Labute approximate surface area is 260 Å². The molecular formula is C37H21N9. The smallest absolute Gasteiger partial charge is 0.242 e. The zero-order valence-corrected chi connectivity index (χ0v) is 24.1. The fourth-order valence-corrected chi connectivity index (χ4v) is 6.51. The Morgan fingerprint density at radius 3 is 1.67 bits per heavy atom. The van der Waals surface area contributed by atoms with Gasteiger partial charge in [0.15, 0.2) is 5.82 Å². The van der Waals surface area contributed by atoms with Gasteiger partial charge in [-0.1, -0.05) is 60.7 Å². The van der Waals surface area contributed by atoms with Crippen LogP contribution in [0.5, 0.6) is 0 Å². The number of para-hydroxylation sites is 1. The van der Waals surface area contributed by atoms with Crippen LogP contribution in [0.3, 0.4) is 0 Å². The highest BCUT2D eigenvalue weighted by atomic mass is 15.3. The number of rotatable bonds is 3. The molecule has 0 amide bonds. The van der Waals surface area contributed by atoms with Gasteiger partial charge in [-0.15, -0.1) is 0 Å². The van der Waals surface area contributed by atoms with Gasteiger partial charge in [0, 0.05) is 50.9 Å². The number of hydrogen-bond donors (Lipinski definition) is 0. The second kappa shape index (κ2) is 9.44. The Kier molecular flexibility index (Phi) is 5.09. The average molecular weight is 592 g/mol. The monoisotopic (exact) mass is 591 g/mol. The van der Waals surface area contributed by atoms with E-state index < -0.39 is 0 Å². The fraction of sp³-hybridized carbons (Fsp3) is 0. The van der Waals surface area contributed by atoms with Crippen molar-refractivity contribution in [1.82, 2.24) is 44.0 Å². The Morgan fingerprint density at radius 1 is 0.391 bits per heavy atom. The Hall–Kier alpha value is -6.61. The van der Waals surface area contributed by atoms with E-state index in [1.54, 1.807) is 18.6 Å². The molecule has 10 rings (SSSR count). The van der Waals surface area contributed by atoms with E-state index in [2.05, 4.69) is 48.5 Å². The number of benzene rings is 3. The molecule has 0 saturated carbocycles. The van der Waals surface area contributed by atoms with Crippen LogP contribution in [0.15, 0.2) is 128 Å². The molecule has 0 radical (unpaired) electrons. The lowest BCUT2D eigenvalue weighted by atomic mass is 10.1. The lowest BCUT2D eigenvalue weighted by Crippen LogP contribution is -2.11. The van der Waals surface area contributed by atoms with Crippen molar-refractivity contribution in [3.05, 3.63) is 128 Å². The average Bonchev–Trinajstić information content (AvgIpc) is 3.64. The molecule has 46 heavy (non-hydrogen) atoms. The number of aromatic nitrogens is 9. The van der Waals surface area contributed by atoms with E-state index in [4.69, 9.17) is 34.9 Å². The van der Waals surface area contributed by atoms with Gasteiger partial charge >= 0.3 is 0 Å². The van der Waals surface area contributed by atoms with Gasteiger partial charge in [-0.2, -0.15) is 15.0 Å². The molecule has 7 aromatic heterocycles. The summed E-state index contributed by atoms with van der Waals surface area (Å²) in [4.78, 5) is 34.7. The Balaban J connectivity index is 1.32. The molecule has 0 spiro atoms. The third kappa shape index (κ3) is 3.53. The predicted octanol–water partition coefficient (Wildman–Crippen LogP) is 7.62. The van der Waals surface area contributed by atoms with Crippen LogP contribution in [-0.2, 0) is 0 Å². The maximum Gasteiger partial charge on any atom is 0.242 e. The molecular weight excluding hydrogens is 570 g/mol. The third-order valence-electron chi connectivity index (χ3n) is 8.55. The lowest BCUT2D eigenvalue weighted by Gasteiger charge is -2.12. The van der Waals surface area contributed by atoms with E-state index in [9.17, 15) is 0 Å². The van der Waals surface area contributed by atoms with Gasteiger partial charge < -0.3 is 0 Å². The number of pyridine rings is 4. The van der Waals surface area contributed by atoms with Gasteiger partial charge in [0.1, 0.15) is 22.6 Å². The number of nitrogens with zero attached hydrogens (tertiary/aromatic N) is 9. The van der Waals surface area contributed by atoms with Crippen LogP contribution >= 0.6 is 0 Å². The summed E-state index contributed by atoms with van der Waals surface area (Å²) in [5.74, 6) is 1.24. The lowest BCUT2D eigenvalue weighted by molar-refractivity contribution is 0.877. The number of hydrogen-bond acceptors (Lipinski definition) is 7. The molecule has 0 atom stereocenters. The molecule has 214 valence electrons. The van der Waals surface area contributed by atoms with Gasteiger partial charge in [0.25, 0.3) is 0 Å². The van der Waals surface area contributed by atoms with Crippen molar-refractivity contribution in [3.8, 4) is 23.4 Å². The summed E-state index contributed by atoms with van der Waals surface area (Å²) in [6, 6.07) is 36.7. The summed E-state index contributed by atoms with van der Waals surface area (Å²) in [5, 5.41) is 7.22. The first kappa shape index (κ1) is 24.8. The SMILES string of the molecule is c1ccc2c(c1)ccc1ccc(-c3nc(-n4c5ccccc5c5cccnc54)nc(-n4c5ncccc5c5cccnc54)n3)nc12. The minimum absolute atomic E-state index is 0.388. The summed E-state index contributed by atoms with van der Waals surface area (Å²) in [6.07, 6.45) is 5.33. The third-order valence-corrected chi connectivity index (χ3v) is 8.55. The van der Waals surface area contributed by atoms with Crippen molar-refractivity contribution in [2.75, 3.05) is 0 Å². The van der Waals surface area contributed by atoms with Crippen LogP contribution in [-0.4, -0.2) is 44.0 Å². The van der Waals surface area contributed by atoms with Crippen molar-refractivity contribution in [1.29, 1.82) is 0 Å². The topological polar surface area (TPSA) is 100 Å². The quantitative estimate of drug-likeness (QED) is 0.195. The molecule has 0 N–H and O–H groups in total. The molecule has 0 bridgehead atoms. The second-order valence-electron chi connectivity index (χ2n) is 11.1. The maximum absolute atomic E-state index is 5.15. The summed E-state index contributed by atoms with van der Waals surface area (Å²) >= 11 is 0. The van der Waals surface area contributed by atoms with Crippen LogP contribution in [0, 0.1) is 0 Å². The molecule has 0 unspecified atom stereocenters. The van der Waals surface area contributed by atoms with Crippen molar-refractivity contribution in [2.45, 2.75) is 0 Å². The number of fused-ring (bicyclic) bond motifs is 9. The molecule has 9 nitrogen and oxygen atoms in total. The molecule has 0 saturated heterocycles. The molecule has 0 aliphatic rings. The first-order valence-corrected chi connectivity index (χ1v) is 14.9. The summed E-state index contributed by atoms with van der Waals surface area (Å²) in [7, 11) is 0. The van der Waals surface area contributed by atoms with Crippen LogP contribution in [0.25, 0.3) is 89.1 Å². The largest absolute Gasteiger partial charge is 0.262 e. The van der Waals surface area contributed by atoms with Gasteiger partial charge in [-0.3, -0.25) is 4.57 Å². The van der Waals surface area contributed by atoms with E-state index in [-0.39, 0.29) is 0 Å². The predicted molar refractivity (Wildman–Crippen MR) is 180 cm³/mol. The summed E-state index contributed by atoms with van der Waals surface area (Å²) in [5.41, 5.74) is 4.62. The highest BCUT2D eigenvalue weighted by Gasteiger charge is 2.22. The zero-order valence-electron chi connectivity index (χ0n) is 24.1. The Bertz CT molecular complexity index is 2590. The summed E-state index contributed by atoms with van der Waals surface area (Å²) < 4.78 is 3.89. The van der Waals surface area contributed by atoms with Crippen LogP contribution in [0.1, 0.15) is 0 Å². The maximum atomic E-state index is 5.15. The molecule has 3 aromatic carbocycles. The normalized spacial score (nSPS) is 11.9. The van der Waals surface area contributed by atoms with Crippen LogP contribution in [0.4, 0.5) is 0 Å². The standard InChI is InChI=1S/C37H21N9/c1-2-9-24-22(8-1)15-16-23-17-18-29(41-31(23)24)32-42-36(45-30-14-4-3-10-25(30)26-11-5-19-38-33(26)45)44-37(43-32)46-34-27(12-6-20-39-34)28-13-7-21-40-35(28)46/h1-21H. The van der Waals surface area contributed by atoms with Gasteiger partial charge in [0.2, 0.25) is 11.9 Å². The van der Waals surface area contributed by atoms with Crippen molar-refractivity contribution >= 4 is 65.7 Å². The molecule has 10 aromatic rings. The van der Waals surface area contributed by atoms with Gasteiger partial charge in [-0.05, 0) is 53.9 Å². The first-order chi connectivity index (χ1) is 22.8. The van der Waals surface area contributed by atoms with Crippen molar-refractivity contribution < 1.29 is 0 Å². The van der Waals surface area contributed by atoms with Crippen LogP contribution in [0.2, 0.25) is 0 Å². The second-order valence-corrected chi connectivity index (χ2v) is 11.1. The molecule has 0 aliphatic heterocycles. The highest BCUT2D eigenvalue weighted by molar-refractivity contribution is 6.08.